The Morgan fingerprint density at radius 1 is 0.958 bits per heavy atom. The number of carbonyl (C=O) groups is 1. The molecule has 0 bridgehead atoms. The highest BCUT2D eigenvalue weighted by atomic mass is 16.1. The van der Waals surface area contributed by atoms with Crippen molar-refractivity contribution in [1.82, 2.24) is 0 Å². The molecule has 0 aliphatic heterocycles. The number of carbonyl (C=O) groups excluding carboxylic acids is 1. The van der Waals surface area contributed by atoms with Crippen molar-refractivity contribution in [1.29, 1.82) is 0 Å². The Hall–Kier alpha value is -1.63. The average molecular weight is 327 g/mol. The van der Waals surface area contributed by atoms with Gasteiger partial charge in [0.05, 0.1) is 0 Å². The summed E-state index contributed by atoms with van der Waals surface area (Å²) in [5.74, 6) is 0.254. The molecule has 1 aliphatic carbocycles. The summed E-state index contributed by atoms with van der Waals surface area (Å²) in [6, 6.07) is 0. The van der Waals surface area contributed by atoms with Gasteiger partial charge in [-0.25, -0.2) is 0 Å². The Morgan fingerprint density at radius 2 is 1.54 bits per heavy atom. The van der Waals surface area contributed by atoms with Crippen LogP contribution in [-0.2, 0) is 4.79 Å². The molecule has 1 heteroatoms. The summed E-state index contributed by atoms with van der Waals surface area (Å²) in [6.45, 7) is 4.35. The molecule has 0 radical (unpaired) electrons. The Morgan fingerprint density at radius 3 is 2.08 bits per heavy atom. The van der Waals surface area contributed by atoms with E-state index in [-0.39, 0.29) is 11.3 Å². The Balaban J connectivity index is 2.49. The summed E-state index contributed by atoms with van der Waals surface area (Å²) in [7, 11) is 0. The monoisotopic (exact) mass is 326 g/mol. The van der Waals surface area contributed by atoms with Gasteiger partial charge in [-0.05, 0) is 51.9 Å². The zero-order valence-electron chi connectivity index (χ0n) is 15.5. The molecule has 2 atom stereocenters. The molecule has 0 aromatic carbocycles. The highest BCUT2D eigenvalue weighted by Crippen LogP contribution is 2.24. The Labute approximate surface area is 148 Å². The van der Waals surface area contributed by atoms with Crippen LogP contribution in [0.2, 0.25) is 0 Å². The van der Waals surface area contributed by atoms with Gasteiger partial charge in [-0.3, -0.25) is 0 Å². The van der Waals surface area contributed by atoms with Crippen LogP contribution in [-0.4, -0.2) is 6.29 Å². The predicted octanol–water partition coefficient (Wildman–Crippen LogP) is 6.74. The van der Waals surface area contributed by atoms with Crippen LogP contribution in [0.1, 0.15) is 65.2 Å². The normalized spacial score (nSPS) is 27.1. The van der Waals surface area contributed by atoms with E-state index in [1.54, 1.807) is 0 Å². The maximum absolute atomic E-state index is 10.8. The molecule has 132 valence electrons. The molecule has 0 amide bonds. The Kier molecular flexibility index (Phi) is 10.8. The van der Waals surface area contributed by atoms with Gasteiger partial charge >= 0.3 is 0 Å². The van der Waals surface area contributed by atoms with Crippen molar-refractivity contribution in [2.45, 2.75) is 65.2 Å². The van der Waals surface area contributed by atoms with E-state index in [2.05, 4.69) is 74.6 Å². The van der Waals surface area contributed by atoms with E-state index in [1.807, 2.05) is 0 Å². The molecule has 0 saturated carbocycles. The second-order valence-corrected chi connectivity index (χ2v) is 6.81. The standard InChI is InChI=1S/C23H34O/c1-3-22(21-24)17-13-9-12-16-20-23(2)18-14-10-7-5-4-6-8-11-15-19-23/h5-8,14-16,18-22H,3-4,9-13,17H2,1-2H3/b7-5-,8-6-,18-14-,19-15?,20-16-. The van der Waals surface area contributed by atoms with Crippen molar-refractivity contribution in [2.75, 3.05) is 0 Å². The zero-order valence-corrected chi connectivity index (χ0v) is 15.5. The van der Waals surface area contributed by atoms with E-state index in [4.69, 9.17) is 0 Å². The number of hydrogen-bond donors (Lipinski definition) is 0. The van der Waals surface area contributed by atoms with E-state index in [0.29, 0.717) is 0 Å². The van der Waals surface area contributed by atoms with Gasteiger partial charge in [0.15, 0.2) is 0 Å². The first-order valence-corrected chi connectivity index (χ1v) is 9.48. The second-order valence-electron chi connectivity index (χ2n) is 6.81. The number of allylic oxidation sites excluding steroid dienone is 10. The summed E-state index contributed by atoms with van der Waals surface area (Å²) in [5, 5.41) is 0. The maximum atomic E-state index is 10.8. The van der Waals surface area contributed by atoms with E-state index in [0.717, 1.165) is 57.7 Å². The molecule has 0 spiro atoms. The lowest BCUT2D eigenvalue weighted by Crippen LogP contribution is -2.05. The van der Waals surface area contributed by atoms with Crippen molar-refractivity contribution in [3.05, 3.63) is 60.8 Å². The van der Waals surface area contributed by atoms with Crippen molar-refractivity contribution in [3.8, 4) is 0 Å². The quantitative estimate of drug-likeness (QED) is 0.274. The van der Waals surface area contributed by atoms with Gasteiger partial charge in [0.25, 0.3) is 0 Å². The van der Waals surface area contributed by atoms with Crippen molar-refractivity contribution in [2.24, 2.45) is 11.3 Å². The third-order valence-electron chi connectivity index (χ3n) is 4.49. The minimum absolute atomic E-state index is 0.00434. The van der Waals surface area contributed by atoms with Gasteiger partial charge in [-0.2, -0.15) is 0 Å². The first-order valence-electron chi connectivity index (χ1n) is 9.48. The van der Waals surface area contributed by atoms with Gasteiger partial charge in [-0.1, -0.05) is 74.1 Å². The van der Waals surface area contributed by atoms with Gasteiger partial charge in [0.2, 0.25) is 0 Å². The van der Waals surface area contributed by atoms with Gasteiger partial charge in [-0.15, -0.1) is 0 Å². The highest BCUT2D eigenvalue weighted by molar-refractivity contribution is 5.53. The zero-order chi connectivity index (χ0) is 17.5. The summed E-state index contributed by atoms with van der Waals surface area (Å²) in [6.07, 6.45) is 32.2. The molecule has 0 saturated heterocycles. The van der Waals surface area contributed by atoms with E-state index in [9.17, 15) is 4.79 Å². The minimum Gasteiger partial charge on any atom is -0.303 e. The third kappa shape index (κ3) is 9.50. The number of aldehydes is 1. The van der Waals surface area contributed by atoms with Crippen LogP contribution < -0.4 is 0 Å². The van der Waals surface area contributed by atoms with E-state index in [1.165, 1.54) is 0 Å². The maximum Gasteiger partial charge on any atom is 0.123 e. The largest absolute Gasteiger partial charge is 0.303 e. The van der Waals surface area contributed by atoms with Crippen molar-refractivity contribution >= 4 is 6.29 Å². The fourth-order valence-corrected chi connectivity index (χ4v) is 2.81. The molecular formula is C23H34O. The molecule has 24 heavy (non-hydrogen) atoms. The minimum atomic E-state index is -0.00434. The molecule has 1 aliphatic rings. The molecule has 0 heterocycles. The molecule has 0 N–H and O–H groups in total. The smallest absolute Gasteiger partial charge is 0.123 e. The molecule has 0 fully saturated rings. The molecule has 1 rings (SSSR count). The van der Waals surface area contributed by atoms with Crippen molar-refractivity contribution < 1.29 is 4.79 Å². The predicted molar refractivity (Wildman–Crippen MR) is 106 cm³/mol. The lowest BCUT2D eigenvalue weighted by Gasteiger charge is -2.17. The number of unbranched alkanes of at least 4 members (excludes halogenated alkanes) is 2. The van der Waals surface area contributed by atoms with Gasteiger partial charge < -0.3 is 4.79 Å². The lowest BCUT2D eigenvalue weighted by molar-refractivity contribution is -0.111. The lowest BCUT2D eigenvalue weighted by atomic mass is 9.88. The fraction of sp³-hybridized carbons (Fsp3) is 0.522. The molecular weight excluding hydrogens is 292 g/mol. The van der Waals surface area contributed by atoms with Crippen LogP contribution in [0.3, 0.4) is 0 Å². The fourth-order valence-electron chi connectivity index (χ4n) is 2.81. The summed E-state index contributed by atoms with van der Waals surface area (Å²) < 4.78 is 0. The van der Waals surface area contributed by atoms with Gasteiger partial charge in [0, 0.05) is 11.3 Å². The van der Waals surface area contributed by atoms with Crippen LogP contribution in [0.25, 0.3) is 0 Å². The molecule has 0 aromatic rings. The van der Waals surface area contributed by atoms with Gasteiger partial charge in [0.1, 0.15) is 6.29 Å². The number of rotatable bonds is 8. The highest BCUT2D eigenvalue weighted by Gasteiger charge is 2.11. The molecule has 0 aromatic heterocycles. The van der Waals surface area contributed by atoms with Crippen LogP contribution in [0, 0.1) is 11.3 Å². The van der Waals surface area contributed by atoms with E-state index < -0.39 is 0 Å². The van der Waals surface area contributed by atoms with Crippen molar-refractivity contribution in [3.63, 3.8) is 0 Å². The summed E-state index contributed by atoms with van der Waals surface area (Å²) in [4.78, 5) is 10.8. The first-order chi connectivity index (χ1) is 11.7. The summed E-state index contributed by atoms with van der Waals surface area (Å²) >= 11 is 0. The average Bonchev–Trinajstić information content (AvgIpc) is 2.58. The molecule has 1 nitrogen and oxygen atoms in total. The van der Waals surface area contributed by atoms with Crippen LogP contribution in [0.5, 0.6) is 0 Å². The third-order valence-corrected chi connectivity index (χ3v) is 4.49. The summed E-state index contributed by atoms with van der Waals surface area (Å²) in [5.41, 5.74) is -0.00434. The second kappa shape index (κ2) is 12.8. The molecule has 2 unspecified atom stereocenters. The van der Waals surface area contributed by atoms with E-state index >= 15 is 0 Å². The van der Waals surface area contributed by atoms with Crippen LogP contribution in [0.4, 0.5) is 0 Å². The number of hydrogen-bond acceptors (Lipinski definition) is 1. The first kappa shape index (κ1) is 20.4. The SMILES string of the molecule is CCC(C=O)CCCC/C=C\C1(C)C=CC/C=C\C/C=C\C/C=C\1. The van der Waals surface area contributed by atoms with Crippen LogP contribution in [0.15, 0.2) is 60.8 Å². The Bertz CT molecular complexity index is 452. The topological polar surface area (TPSA) is 17.1 Å². The van der Waals surface area contributed by atoms with Crippen LogP contribution >= 0.6 is 0 Å².